The summed E-state index contributed by atoms with van der Waals surface area (Å²) in [5.74, 6) is 0.823. The van der Waals surface area contributed by atoms with Crippen LogP contribution in [0.15, 0.2) is 24.3 Å². The molecule has 0 spiro atoms. The van der Waals surface area contributed by atoms with Crippen molar-refractivity contribution in [2.24, 2.45) is 11.3 Å². The third kappa shape index (κ3) is 3.96. The predicted octanol–water partition coefficient (Wildman–Crippen LogP) is 3.19. The van der Waals surface area contributed by atoms with Crippen molar-refractivity contribution in [2.45, 2.75) is 39.2 Å². The fourth-order valence-corrected chi connectivity index (χ4v) is 3.38. The molecule has 0 aromatic heterocycles. The molecular formula is C18H27NO4. The van der Waals surface area contributed by atoms with E-state index in [4.69, 9.17) is 4.74 Å². The number of aliphatic hydroxyl groups is 1. The zero-order valence-corrected chi connectivity index (χ0v) is 14.3. The van der Waals surface area contributed by atoms with Crippen LogP contribution in [0.3, 0.4) is 0 Å². The van der Waals surface area contributed by atoms with Gasteiger partial charge in [-0.1, -0.05) is 32.9 Å². The summed E-state index contributed by atoms with van der Waals surface area (Å²) in [4.78, 5) is 12.7. The van der Waals surface area contributed by atoms with Gasteiger partial charge in [0.05, 0.1) is 13.2 Å². The lowest BCUT2D eigenvalue weighted by molar-refractivity contribution is -0.0248. The Labute approximate surface area is 137 Å². The molecule has 1 aliphatic heterocycles. The van der Waals surface area contributed by atoms with Gasteiger partial charge in [-0.2, -0.15) is 0 Å². The fraction of sp³-hybridized carbons (Fsp3) is 0.611. The first kappa shape index (κ1) is 17.6. The summed E-state index contributed by atoms with van der Waals surface area (Å²) in [6.07, 6.45) is -0.766. The van der Waals surface area contributed by atoms with Crippen molar-refractivity contribution in [3.63, 3.8) is 0 Å². The lowest BCUT2D eigenvalue weighted by Crippen LogP contribution is -2.49. The number of aliphatic hydroxyl groups excluding tert-OH is 1. The summed E-state index contributed by atoms with van der Waals surface area (Å²) in [6, 6.07) is 7.86. The van der Waals surface area contributed by atoms with Crippen LogP contribution in [0.25, 0.3) is 0 Å². The standard InChI is InChI=1S/C18H27NO4/c1-18(2,3)16(20)15-11-19(17(21)22)10-9-14(15)12-5-7-13(23-4)8-6-12/h5-8,14-16,20H,9-11H2,1-4H3,(H,21,22). The Hall–Kier alpha value is -1.75. The average Bonchev–Trinajstić information content (AvgIpc) is 2.52. The SMILES string of the molecule is COc1ccc(C2CCN(C(=O)O)CC2C(O)C(C)(C)C)cc1. The maximum atomic E-state index is 11.3. The predicted molar refractivity (Wildman–Crippen MR) is 88.9 cm³/mol. The highest BCUT2D eigenvalue weighted by atomic mass is 16.5. The summed E-state index contributed by atoms with van der Waals surface area (Å²) in [7, 11) is 1.63. The number of hydrogen-bond acceptors (Lipinski definition) is 3. The lowest BCUT2D eigenvalue weighted by Gasteiger charge is -2.43. The molecular weight excluding hydrogens is 294 g/mol. The van der Waals surface area contributed by atoms with Crippen LogP contribution in [0.4, 0.5) is 4.79 Å². The van der Waals surface area contributed by atoms with Crippen molar-refractivity contribution in [1.29, 1.82) is 0 Å². The molecule has 1 amide bonds. The maximum Gasteiger partial charge on any atom is 0.407 e. The highest BCUT2D eigenvalue weighted by Crippen LogP contribution is 2.40. The Morgan fingerprint density at radius 3 is 2.39 bits per heavy atom. The van der Waals surface area contributed by atoms with Crippen LogP contribution in [0, 0.1) is 11.3 Å². The first-order valence-electron chi connectivity index (χ1n) is 8.04. The molecule has 1 aliphatic rings. The largest absolute Gasteiger partial charge is 0.497 e. The van der Waals surface area contributed by atoms with Gasteiger partial charge < -0.3 is 19.8 Å². The average molecular weight is 321 g/mol. The Balaban J connectivity index is 2.29. The van der Waals surface area contributed by atoms with Crippen LogP contribution >= 0.6 is 0 Å². The zero-order chi connectivity index (χ0) is 17.2. The molecule has 3 atom stereocenters. The Morgan fingerprint density at radius 1 is 1.30 bits per heavy atom. The first-order chi connectivity index (χ1) is 10.7. The molecule has 0 saturated carbocycles. The van der Waals surface area contributed by atoms with Crippen molar-refractivity contribution in [3.8, 4) is 5.75 Å². The molecule has 5 nitrogen and oxygen atoms in total. The van der Waals surface area contributed by atoms with Gasteiger partial charge in [0, 0.05) is 19.0 Å². The molecule has 1 saturated heterocycles. The van der Waals surface area contributed by atoms with Crippen LogP contribution in [-0.4, -0.2) is 47.5 Å². The van der Waals surface area contributed by atoms with Crippen molar-refractivity contribution in [3.05, 3.63) is 29.8 Å². The number of carbonyl (C=O) groups is 1. The van der Waals surface area contributed by atoms with Gasteiger partial charge in [-0.3, -0.25) is 0 Å². The third-order valence-electron chi connectivity index (χ3n) is 4.77. The minimum atomic E-state index is -0.913. The van der Waals surface area contributed by atoms with E-state index < -0.39 is 12.2 Å². The number of benzene rings is 1. The summed E-state index contributed by atoms with van der Waals surface area (Å²) < 4.78 is 5.20. The van der Waals surface area contributed by atoms with E-state index in [1.807, 2.05) is 45.0 Å². The molecule has 1 fully saturated rings. The number of amides is 1. The van der Waals surface area contributed by atoms with Gasteiger partial charge in [-0.05, 0) is 35.4 Å². The first-order valence-corrected chi connectivity index (χ1v) is 8.04. The number of carboxylic acid groups (broad SMARTS) is 1. The molecule has 128 valence electrons. The van der Waals surface area contributed by atoms with E-state index in [-0.39, 0.29) is 17.3 Å². The number of hydrogen-bond donors (Lipinski definition) is 2. The van der Waals surface area contributed by atoms with Gasteiger partial charge in [0.15, 0.2) is 0 Å². The summed E-state index contributed by atoms with van der Waals surface area (Å²) in [5.41, 5.74) is 0.834. The van der Waals surface area contributed by atoms with Crippen LogP contribution in [0.5, 0.6) is 5.75 Å². The molecule has 1 aromatic carbocycles. The Kier molecular flexibility index (Phi) is 5.19. The van der Waals surface area contributed by atoms with Crippen molar-refractivity contribution in [2.75, 3.05) is 20.2 Å². The second-order valence-corrected chi connectivity index (χ2v) is 7.37. The number of rotatable bonds is 3. The van der Waals surface area contributed by atoms with E-state index in [2.05, 4.69) is 0 Å². The van der Waals surface area contributed by atoms with Gasteiger partial charge in [-0.25, -0.2) is 4.79 Å². The van der Waals surface area contributed by atoms with Crippen LogP contribution in [0.2, 0.25) is 0 Å². The van der Waals surface area contributed by atoms with E-state index in [9.17, 15) is 15.0 Å². The molecule has 1 heterocycles. The molecule has 5 heteroatoms. The molecule has 2 rings (SSSR count). The summed E-state index contributed by atoms with van der Waals surface area (Å²) in [5, 5.41) is 20.1. The van der Waals surface area contributed by atoms with Crippen molar-refractivity contribution < 1.29 is 19.7 Å². The van der Waals surface area contributed by atoms with E-state index in [0.717, 1.165) is 17.7 Å². The molecule has 1 aromatic rings. The number of piperidine rings is 1. The van der Waals surface area contributed by atoms with Crippen LogP contribution in [0.1, 0.15) is 38.7 Å². The second-order valence-electron chi connectivity index (χ2n) is 7.37. The monoisotopic (exact) mass is 321 g/mol. The van der Waals surface area contributed by atoms with Gasteiger partial charge in [0.1, 0.15) is 5.75 Å². The van der Waals surface area contributed by atoms with Crippen molar-refractivity contribution in [1.82, 2.24) is 4.90 Å². The highest BCUT2D eigenvalue weighted by molar-refractivity contribution is 5.65. The Bertz CT molecular complexity index is 535. The fourth-order valence-electron chi connectivity index (χ4n) is 3.38. The van der Waals surface area contributed by atoms with E-state index in [1.54, 1.807) is 7.11 Å². The number of ether oxygens (including phenoxy) is 1. The lowest BCUT2D eigenvalue weighted by atomic mass is 9.70. The number of methoxy groups -OCH3 is 1. The van der Waals surface area contributed by atoms with Crippen LogP contribution < -0.4 is 4.74 Å². The van der Waals surface area contributed by atoms with Gasteiger partial charge in [-0.15, -0.1) is 0 Å². The molecule has 0 bridgehead atoms. The van der Waals surface area contributed by atoms with Gasteiger partial charge >= 0.3 is 6.09 Å². The minimum absolute atomic E-state index is 0.117. The normalized spacial score (nSPS) is 23.4. The van der Waals surface area contributed by atoms with Crippen molar-refractivity contribution >= 4 is 6.09 Å². The molecule has 0 aliphatic carbocycles. The molecule has 2 N–H and O–H groups in total. The highest BCUT2D eigenvalue weighted by Gasteiger charge is 2.40. The third-order valence-corrected chi connectivity index (χ3v) is 4.77. The van der Waals surface area contributed by atoms with Crippen LogP contribution in [-0.2, 0) is 0 Å². The van der Waals surface area contributed by atoms with Gasteiger partial charge in [0.2, 0.25) is 0 Å². The summed E-state index contributed by atoms with van der Waals surface area (Å²) >= 11 is 0. The summed E-state index contributed by atoms with van der Waals surface area (Å²) in [6.45, 7) is 6.83. The Morgan fingerprint density at radius 2 is 1.91 bits per heavy atom. The maximum absolute atomic E-state index is 11.3. The van der Waals surface area contributed by atoms with E-state index in [1.165, 1.54) is 4.90 Å². The molecule has 23 heavy (non-hydrogen) atoms. The quantitative estimate of drug-likeness (QED) is 0.897. The topological polar surface area (TPSA) is 70.0 Å². The van der Waals surface area contributed by atoms with Gasteiger partial charge in [0.25, 0.3) is 0 Å². The molecule has 3 unspecified atom stereocenters. The zero-order valence-electron chi connectivity index (χ0n) is 14.3. The van der Waals surface area contributed by atoms with E-state index in [0.29, 0.717) is 13.1 Å². The smallest absolute Gasteiger partial charge is 0.407 e. The van der Waals surface area contributed by atoms with E-state index >= 15 is 0 Å². The second kappa shape index (κ2) is 6.79. The number of nitrogens with zero attached hydrogens (tertiary/aromatic N) is 1. The molecule has 0 radical (unpaired) electrons. The number of likely N-dealkylation sites (tertiary alicyclic amines) is 1. The minimum Gasteiger partial charge on any atom is -0.497 e.